The van der Waals surface area contributed by atoms with Crippen LogP contribution in [0.2, 0.25) is 0 Å². The van der Waals surface area contributed by atoms with Crippen molar-refractivity contribution in [2.75, 3.05) is 6.61 Å². The molecule has 0 bridgehead atoms. The highest BCUT2D eigenvalue weighted by Gasteiger charge is 2.21. The largest absolute Gasteiger partial charge is 0.358 e. The van der Waals surface area contributed by atoms with Crippen LogP contribution in [0.15, 0.2) is 15.8 Å². The van der Waals surface area contributed by atoms with Crippen molar-refractivity contribution in [2.24, 2.45) is 0 Å². The molecular weight excluding hydrogens is 227 g/mol. The molecule has 1 aromatic rings. The van der Waals surface area contributed by atoms with Gasteiger partial charge in [-0.3, -0.25) is 13.9 Å². The monoisotopic (exact) mass is 242 g/mol. The lowest BCUT2D eigenvalue weighted by atomic mass is 10.3. The highest BCUT2D eigenvalue weighted by atomic mass is 19.1. The van der Waals surface area contributed by atoms with Crippen LogP contribution >= 0.6 is 0 Å². The minimum absolute atomic E-state index is 0.224. The van der Waals surface area contributed by atoms with Crippen molar-refractivity contribution in [3.8, 4) is 0 Å². The molecule has 2 rings (SSSR count). The smallest absolute Gasteiger partial charge is 0.333 e. The second kappa shape index (κ2) is 4.83. The van der Waals surface area contributed by atoms with Crippen molar-refractivity contribution >= 4 is 0 Å². The summed E-state index contributed by atoms with van der Waals surface area (Å²) >= 11 is 0. The van der Waals surface area contributed by atoms with E-state index in [-0.39, 0.29) is 6.54 Å². The Morgan fingerprint density at radius 3 is 2.88 bits per heavy atom. The zero-order valence-corrected chi connectivity index (χ0v) is 9.69. The van der Waals surface area contributed by atoms with Crippen LogP contribution in [0.1, 0.15) is 32.4 Å². The van der Waals surface area contributed by atoms with Crippen LogP contribution in [0, 0.1) is 5.82 Å². The standard InChI is InChI=1S/C11H15FN2O3/c1-2-5-13-10(15)8(12)7-14(11(13)16)9-4-3-6-17-9/h7,9H,2-6H2,1H3. The summed E-state index contributed by atoms with van der Waals surface area (Å²) in [6.07, 6.45) is 2.62. The number of nitrogens with zero attached hydrogens (tertiary/aromatic N) is 2. The van der Waals surface area contributed by atoms with E-state index in [4.69, 9.17) is 4.74 Å². The molecule has 1 aliphatic rings. The average molecular weight is 242 g/mol. The highest BCUT2D eigenvalue weighted by molar-refractivity contribution is 4.92. The van der Waals surface area contributed by atoms with E-state index >= 15 is 0 Å². The third kappa shape index (κ3) is 2.17. The van der Waals surface area contributed by atoms with Gasteiger partial charge >= 0.3 is 5.69 Å². The highest BCUT2D eigenvalue weighted by Crippen LogP contribution is 2.20. The predicted molar refractivity (Wildman–Crippen MR) is 59.4 cm³/mol. The molecule has 17 heavy (non-hydrogen) atoms. The lowest BCUT2D eigenvalue weighted by molar-refractivity contribution is 0.0503. The van der Waals surface area contributed by atoms with E-state index in [1.165, 1.54) is 4.57 Å². The Kier molecular flexibility index (Phi) is 3.42. The summed E-state index contributed by atoms with van der Waals surface area (Å²) in [6, 6.07) is 0. The molecule has 6 heteroatoms. The number of hydrogen-bond acceptors (Lipinski definition) is 3. The van der Waals surface area contributed by atoms with Gasteiger partial charge in [-0.1, -0.05) is 6.92 Å². The van der Waals surface area contributed by atoms with Gasteiger partial charge in [-0.05, 0) is 19.3 Å². The zero-order valence-electron chi connectivity index (χ0n) is 9.69. The van der Waals surface area contributed by atoms with E-state index < -0.39 is 23.3 Å². The maximum absolute atomic E-state index is 13.4. The molecule has 1 aromatic heterocycles. The van der Waals surface area contributed by atoms with Crippen LogP contribution in [-0.4, -0.2) is 15.7 Å². The molecule has 1 saturated heterocycles. The van der Waals surface area contributed by atoms with Crippen LogP contribution in [0.25, 0.3) is 0 Å². The van der Waals surface area contributed by atoms with Gasteiger partial charge in [0.2, 0.25) is 5.82 Å². The van der Waals surface area contributed by atoms with Crippen LogP contribution in [0.3, 0.4) is 0 Å². The first kappa shape index (κ1) is 12.0. The van der Waals surface area contributed by atoms with Gasteiger partial charge < -0.3 is 4.74 Å². The van der Waals surface area contributed by atoms with Gasteiger partial charge in [0.15, 0.2) is 0 Å². The van der Waals surface area contributed by atoms with Gasteiger partial charge in [0.25, 0.3) is 5.56 Å². The fourth-order valence-electron chi connectivity index (χ4n) is 1.99. The normalized spacial score (nSPS) is 19.8. The predicted octanol–water partition coefficient (Wildman–Crippen LogP) is 0.868. The second-order valence-electron chi connectivity index (χ2n) is 4.09. The van der Waals surface area contributed by atoms with Crippen LogP contribution < -0.4 is 11.2 Å². The summed E-state index contributed by atoms with van der Waals surface area (Å²) in [5.41, 5.74) is -1.35. The zero-order chi connectivity index (χ0) is 12.4. The van der Waals surface area contributed by atoms with Gasteiger partial charge in [-0.2, -0.15) is 4.39 Å². The third-order valence-electron chi connectivity index (χ3n) is 2.82. The maximum atomic E-state index is 13.4. The average Bonchev–Trinajstić information content (AvgIpc) is 2.83. The number of aromatic nitrogens is 2. The Bertz CT molecular complexity index is 514. The fourth-order valence-corrected chi connectivity index (χ4v) is 1.99. The Morgan fingerprint density at radius 1 is 1.53 bits per heavy atom. The lowest BCUT2D eigenvalue weighted by Crippen LogP contribution is -2.42. The van der Waals surface area contributed by atoms with Gasteiger partial charge in [0.1, 0.15) is 6.23 Å². The molecule has 2 heterocycles. The summed E-state index contributed by atoms with van der Waals surface area (Å²) in [5.74, 6) is -0.909. The molecule has 1 atom stereocenters. The minimum Gasteiger partial charge on any atom is -0.358 e. The fraction of sp³-hybridized carbons (Fsp3) is 0.636. The summed E-state index contributed by atoms with van der Waals surface area (Å²) in [6.45, 7) is 2.61. The second-order valence-corrected chi connectivity index (χ2v) is 4.09. The maximum Gasteiger partial charge on any atom is 0.333 e. The Labute approximate surface area is 97.4 Å². The van der Waals surface area contributed by atoms with Crippen LogP contribution in [0.4, 0.5) is 4.39 Å². The summed E-state index contributed by atoms with van der Waals surface area (Å²) in [7, 11) is 0. The first-order chi connectivity index (χ1) is 8.15. The van der Waals surface area contributed by atoms with E-state index in [0.29, 0.717) is 19.4 Å². The molecule has 94 valence electrons. The van der Waals surface area contributed by atoms with E-state index in [0.717, 1.165) is 17.2 Å². The summed E-state index contributed by atoms with van der Waals surface area (Å²) < 4.78 is 20.9. The molecule has 0 amide bonds. The number of halogens is 1. The first-order valence-electron chi connectivity index (χ1n) is 5.78. The molecule has 0 radical (unpaired) electrons. The molecule has 5 nitrogen and oxygen atoms in total. The minimum atomic E-state index is -0.909. The molecule has 0 spiro atoms. The van der Waals surface area contributed by atoms with E-state index in [1.54, 1.807) is 0 Å². The first-order valence-corrected chi connectivity index (χ1v) is 5.78. The van der Waals surface area contributed by atoms with Crippen molar-refractivity contribution < 1.29 is 9.13 Å². The Balaban J connectivity index is 2.53. The quantitative estimate of drug-likeness (QED) is 0.790. The van der Waals surface area contributed by atoms with Gasteiger partial charge in [-0.15, -0.1) is 0 Å². The molecule has 0 aliphatic carbocycles. The Hall–Kier alpha value is -1.43. The SMILES string of the molecule is CCCn1c(=O)c(F)cn(C2CCCO2)c1=O. The molecule has 0 N–H and O–H groups in total. The lowest BCUT2D eigenvalue weighted by Gasteiger charge is -2.15. The molecule has 1 unspecified atom stereocenters. The number of hydrogen-bond donors (Lipinski definition) is 0. The third-order valence-corrected chi connectivity index (χ3v) is 2.82. The molecule has 1 fully saturated rings. The van der Waals surface area contributed by atoms with Crippen molar-refractivity contribution in [3.05, 3.63) is 32.9 Å². The topological polar surface area (TPSA) is 53.2 Å². The van der Waals surface area contributed by atoms with Crippen LogP contribution in [0.5, 0.6) is 0 Å². The molecule has 0 aromatic carbocycles. The van der Waals surface area contributed by atoms with E-state index in [9.17, 15) is 14.0 Å². The van der Waals surface area contributed by atoms with Gasteiger partial charge in [0, 0.05) is 13.2 Å². The summed E-state index contributed by atoms with van der Waals surface area (Å²) in [5, 5.41) is 0. The van der Waals surface area contributed by atoms with E-state index in [1.807, 2.05) is 6.92 Å². The summed E-state index contributed by atoms with van der Waals surface area (Å²) in [4.78, 5) is 23.5. The Morgan fingerprint density at radius 2 is 2.29 bits per heavy atom. The van der Waals surface area contributed by atoms with Crippen molar-refractivity contribution in [1.29, 1.82) is 0 Å². The van der Waals surface area contributed by atoms with Crippen LogP contribution in [-0.2, 0) is 11.3 Å². The van der Waals surface area contributed by atoms with Crippen molar-refractivity contribution in [1.82, 2.24) is 9.13 Å². The number of ether oxygens (including phenoxy) is 1. The molecule has 1 aliphatic heterocycles. The number of rotatable bonds is 3. The van der Waals surface area contributed by atoms with Crippen molar-refractivity contribution in [3.63, 3.8) is 0 Å². The van der Waals surface area contributed by atoms with Gasteiger partial charge in [0.05, 0.1) is 6.20 Å². The molecular formula is C11H15FN2O3. The van der Waals surface area contributed by atoms with Gasteiger partial charge in [-0.25, -0.2) is 4.79 Å². The van der Waals surface area contributed by atoms with E-state index in [2.05, 4.69) is 0 Å². The van der Waals surface area contributed by atoms with Crippen molar-refractivity contribution in [2.45, 2.75) is 39.0 Å². The molecule has 0 saturated carbocycles.